The Hall–Kier alpha value is -1.34. The predicted molar refractivity (Wildman–Crippen MR) is 77.5 cm³/mol. The first-order valence-electron chi connectivity index (χ1n) is 6.14. The van der Waals surface area contributed by atoms with Gasteiger partial charge in [-0.1, -0.05) is 0 Å². The van der Waals surface area contributed by atoms with Crippen LogP contribution in [0.15, 0.2) is 12.1 Å². The molecule has 2 unspecified atom stereocenters. The summed E-state index contributed by atoms with van der Waals surface area (Å²) in [6.07, 6.45) is 1.95. The summed E-state index contributed by atoms with van der Waals surface area (Å²) in [6.45, 7) is 4.47. The highest BCUT2D eigenvalue weighted by molar-refractivity contribution is 7.99. The second-order valence-electron chi connectivity index (χ2n) is 4.05. The molecule has 106 valence electrons. The second-order valence-corrected chi connectivity index (χ2v) is 5.13. The number of nitrogens with one attached hydrogen (secondary N) is 2. The molecule has 19 heavy (non-hydrogen) atoms. The van der Waals surface area contributed by atoms with Gasteiger partial charge in [-0.25, -0.2) is 0 Å². The van der Waals surface area contributed by atoms with E-state index in [1.807, 2.05) is 20.1 Å². The van der Waals surface area contributed by atoms with Gasteiger partial charge in [0, 0.05) is 17.8 Å². The van der Waals surface area contributed by atoms with Crippen molar-refractivity contribution in [2.75, 3.05) is 24.7 Å². The Balaban J connectivity index is 2.64. The van der Waals surface area contributed by atoms with E-state index in [4.69, 9.17) is 0 Å². The quantitative estimate of drug-likeness (QED) is 0.685. The number of thioether (sulfide) groups is 1. The number of aromatic nitrogens is 2. The zero-order valence-corrected chi connectivity index (χ0v) is 12.2. The predicted octanol–water partition coefficient (Wildman–Crippen LogP) is 0.751. The fourth-order valence-corrected chi connectivity index (χ4v) is 2.17. The number of aliphatic hydroxyl groups excluding tert-OH is 1. The van der Waals surface area contributed by atoms with E-state index in [2.05, 4.69) is 20.8 Å². The Kier molecular flexibility index (Phi) is 6.58. The van der Waals surface area contributed by atoms with Crippen molar-refractivity contribution in [1.82, 2.24) is 15.5 Å². The Morgan fingerprint density at radius 1 is 1.47 bits per heavy atom. The van der Waals surface area contributed by atoms with E-state index < -0.39 is 0 Å². The molecular formula is C12H20N4O2S. The SMILES string of the molecule is CCNC(=O)c1ccc(NC(C)C(CO)SC)nn1. The van der Waals surface area contributed by atoms with E-state index in [1.54, 1.807) is 23.9 Å². The number of carbonyl (C=O) groups excluding carboxylic acids is 1. The number of aliphatic hydroxyl groups is 1. The van der Waals surface area contributed by atoms with Gasteiger partial charge in [0.15, 0.2) is 5.69 Å². The van der Waals surface area contributed by atoms with Crippen molar-refractivity contribution in [3.63, 3.8) is 0 Å². The second kappa shape index (κ2) is 7.96. The van der Waals surface area contributed by atoms with Crippen molar-refractivity contribution in [2.45, 2.75) is 25.1 Å². The van der Waals surface area contributed by atoms with Crippen LogP contribution in [-0.4, -0.2) is 51.9 Å². The number of hydrogen-bond donors (Lipinski definition) is 3. The lowest BCUT2D eigenvalue weighted by molar-refractivity contribution is 0.0950. The lowest BCUT2D eigenvalue weighted by Crippen LogP contribution is -2.31. The summed E-state index contributed by atoms with van der Waals surface area (Å²) < 4.78 is 0. The molecule has 1 aromatic heterocycles. The van der Waals surface area contributed by atoms with Gasteiger partial charge in [-0.2, -0.15) is 11.8 Å². The van der Waals surface area contributed by atoms with Gasteiger partial charge < -0.3 is 15.7 Å². The minimum atomic E-state index is -0.230. The molecule has 6 nitrogen and oxygen atoms in total. The Labute approximate surface area is 117 Å². The third kappa shape index (κ3) is 4.68. The maximum absolute atomic E-state index is 11.5. The van der Waals surface area contributed by atoms with Crippen LogP contribution in [-0.2, 0) is 0 Å². The van der Waals surface area contributed by atoms with E-state index in [-0.39, 0.29) is 23.8 Å². The van der Waals surface area contributed by atoms with Crippen LogP contribution in [0.2, 0.25) is 0 Å². The monoisotopic (exact) mass is 284 g/mol. The number of hydrogen-bond acceptors (Lipinski definition) is 6. The summed E-state index contributed by atoms with van der Waals surface area (Å²) in [6, 6.07) is 3.40. The van der Waals surface area contributed by atoms with E-state index in [0.29, 0.717) is 18.1 Å². The van der Waals surface area contributed by atoms with Crippen LogP contribution in [0.4, 0.5) is 5.82 Å². The van der Waals surface area contributed by atoms with E-state index in [9.17, 15) is 9.90 Å². The van der Waals surface area contributed by atoms with Crippen LogP contribution < -0.4 is 10.6 Å². The van der Waals surface area contributed by atoms with Gasteiger partial charge in [0.1, 0.15) is 5.82 Å². The molecule has 0 aliphatic heterocycles. The van der Waals surface area contributed by atoms with Crippen LogP contribution in [0.25, 0.3) is 0 Å². The third-order valence-electron chi connectivity index (χ3n) is 2.65. The van der Waals surface area contributed by atoms with E-state index >= 15 is 0 Å². The van der Waals surface area contributed by atoms with Crippen molar-refractivity contribution in [3.8, 4) is 0 Å². The maximum atomic E-state index is 11.5. The number of anilines is 1. The highest BCUT2D eigenvalue weighted by Crippen LogP contribution is 2.14. The summed E-state index contributed by atoms with van der Waals surface area (Å²) in [5.41, 5.74) is 0.295. The standard InChI is InChI=1S/C12H20N4O2S/c1-4-13-12(18)9-5-6-11(16-15-9)14-8(2)10(7-17)19-3/h5-6,8,10,17H,4,7H2,1-3H3,(H,13,18)(H,14,16). The molecule has 3 N–H and O–H groups in total. The van der Waals surface area contributed by atoms with Gasteiger partial charge in [0.05, 0.1) is 6.61 Å². The average Bonchev–Trinajstić information content (AvgIpc) is 2.41. The zero-order chi connectivity index (χ0) is 14.3. The van der Waals surface area contributed by atoms with E-state index in [1.165, 1.54) is 0 Å². The molecule has 0 saturated heterocycles. The molecule has 0 aromatic carbocycles. The molecule has 0 bridgehead atoms. The summed E-state index contributed by atoms with van der Waals surface area (Å²) in [7, 11) is 0. The molecule has 7 heteroatoms. The largest absolute Gasteiger partial charge is 0.395 e. The minimum Gasteiger partial charge on any atom is -0.395 e. The van der Waals surface area contributed by atoms with Crippen molar-refractivity contribution in [2.24, 2.45) is 0 Å². The summed E-state index contributed by atoms with van der Waals surface area (Å²) in [5, 5.41) is 22.9. The smallest absolute Gasteiger partial charge is 0.271 e. The topological polar surface area (TPSA) is 87.1 Å². The van der Waals surface area contributed by atoms with Crippen LogP contribution in [0, 0.1) is 0 Å². The molecule has 1 aromatic rings. The summed E-state index contributed by atoms with van der Waals surface area (Å²) in [5.74, 6) is 0.361. The average molecular weight is 284 g/mol. The fourth-order valence-electron chi connectivity index (χ4n) is 1.54. The van der Waals surface area contributed by atoms with Gasteiger partial charge in [0.25, 0.3) is 5.91 Å². The van der Waals surface area contributed by atoms with Gasteiger partial charge in [-0.3, -0.25) is 4.79 Å². The Morgan fingerprint density at radius 2 is 2.21 bits per heavy atom. The first-order valence-corrected chi connectivity index (χ1v) is 7.43. The van der Waals surface area contributed by atoms with Crippen LogP contribution in [0.1, 0.15) is 24.3 Å². The van der Waals surface area contributed by atoms with Crippen molar-refractivity contribution in [3.05, 3.63) is 17.8 Å². The van der Waals surface area contributed by atoms with Gasteiger partial charge in [-0.05, 0) is 32.2 Å². The molecular weight excluding hydrogens is 264 g/mol. The molecule has 0 spiro atoms. The van der Waals surface area contributed by atoms with Gasteiger partial charge in [-0.15, -0.1) is 10.2 Å². The Bertz CT molecular complexity index is 395. The van der Waals surface area contributed by atoms with Crippen LogP contribution in [0.3, 0.4) is 0 Å². The molecule has 1 amide bonds. The highest BCUT2D eigenvalue weighted by Gasteiger charge is 2.15. The fraction of sp³-hybridized carbons (Fsp3) is 0.583. The maximum Gasteiger partial charge on any atom is 0.271 e. The highest BCUT2D eigenvalue weighted by atomic mass is 32.2. The molecule has 0 aliphatic rings. The van der Waals surface area contributed by atoms with Crippen molar-refractivity contribution in [1.29, 1.82) is 0 Å². The Morgan fingerprint density at radius 3 is 2.68 bits per heavy atom. The molecule has 1 heterocycles. The number of carbonyl (C=O) groups is 1. The normalized spacial score (nSPS) is 13.7. The number of rotatable bonds is 7. The lowest BCUT2D eigenvalue weighted by atomic mass is 10.2. The number of nitrogens with zero attached hydrogens (tertiary/aromatic N) is 2. The number of amides is 1. The van der Waals surface area contributed by atoms with Gasteiger partial charge in [0.2, 0.25) is 0 Å². The lowest BCUT2D eigenvalue weighted by Gasteiger charge is -2.21. The third-order valence-corrected chi connectivity index (χ3v) is 3.81. The van der Waals surface area contributed by atoms with Crippen molar-refractivity contribution >= 4 is 23.5 Å². The minimum absolute atomic E-state index is 0.0598. The molecule has 1 rings (SSSR count). The molecule has 2 atom stereocenters. The van der Waals surface area contributed by atoms with Crippen molar-refractivity contribution < 1.29 is 9.90 Å². The first kappa shape index (κ1) is 15.7. The molecule has 0 saturated carbocycles. The van der Waals surface area contributed by atoms with Crippen LogP contribution in [0.5, 0.6) is 0 Å². The van der Waals surface area contributed by atoms with Crippen LogP contribution >= 0.6 is 11.8 Å². The molecule has 0 aliphatic carbocycles. The molecule has 0 fully saturated rings. The summed E-state index contributed by atoms with van der Waals surface area (Å²) in [4.78, 5) is 11.5. The molecule has 0 radical (unpaired) electrons. The summed E-state index contributed by atoms with van der Waals surface area (Å²) >= 11 is 1.59. The van der Waals surface area contributed by atoms with E-state index in [0.717, 1.165) is 0 Å². The van der Waals surface area contributed by atoms with Gasteiger partial charge >= 0.3 is 0 Å². The zero-order valence-electron chi connectivity index (χ0n) is 11.4. The first-order chi connectivity index (χ1) is 9.12.